The average molecular weight is 532 g/mol. The Morgan fingerprint density at radius 3 is 2.37 bits per heavy atom. The van der Waals surface area contributed by atoms with Gasteiger partial charge in [-0.05, 0) is 71.3 Å². The first-order valence-corrected chi connectivity index (χ1v) is 13.2. The van der Waals surface area contributed by atoms with E-state index >= 15 is 0 Å². The second kappa shape index (κ2) is 11.5. The van der Waals surface area contributed by atoms with Crippen molar-refractivity contribution in [1.82, 2.24) is 9.80 Å². The highest BCUT2D eigenvalue weighted by Crippen LogP contribution is 2.38. The van der Waals surface area contributed by atoms with E-state index in [0.29, 0.717) is 28.9 Å². The Morgan fingerprint density at radius 2 is 1.71 bits per heavy atom. The Morgan fingerprint density at radius 1 is 1.06 bits per heavy atom. The highest BCUT2D eigenvalue weighted by atomic mass is 35.5. The molecule has 0 fully saturated rings. The number of thiophene rings is 1. The van der Waals surface area contributed by atoms with Crippen LogP contribution in [-0.4, -0.2) is 47.9 Å². The second-order valence-corrected chi connectivity index (χ2v) is 10.9. The molecule has 0 N–H and O–H groups in total. The van der Waals surface area contributed by atoms with Gasteiger partial charge >= 0.3 is 0 Å². The highest BCUT2D eigenvalue weighted by molar-refractivity contribution is 7.10. The molecule has 0 saturated heterocycles. The van der Waals surface area contributed by atoms with E-state index in [-0.39, 0.29) is 36.9 Å². The number of benzene rings is 2. The van der Waals surface area contributed by atoms with E-state index in [1.165, 1.54) is 4.88 Å². The lowest BCUT2D eigenvalue weighted by atomic mass is 9.93. The third kappa shape index (κ3) is 6.37. The molecular weight excluding hydrogens is 503 g/mol. The number of hydrogen-bond acceptors (Lipinski definition) is 4. The van der Waals surface area contributed by atoms with E-state index in [1.54, 1.807) is 40.5 Å². The summed E-state index contributed by atoms with van der Waals surface area (Å²) in [6, 6.07) is 16.4. The van der Waals surface area contributed by atoms with Crippen LogP contribution < -0.4 is 4.74 Å². The van der Waals surface area contributed by atoms with E-state index in [9.17, 15) is 9.59 Å². The van der Waals surface area contributed by atoms with Crippen LogP contribution in [0.2, 0.25) is 10.0 Å². The number of carbonyl (C=O) groups excluding carboxylic acids is 2. The molecule has 3 aromatic rings. The van der Waals surface area contributed by atoms with Crippen LogP contribution >= 0.6 is 34.5 Å². The molecule has 0 radical (unpaired) electrons. The first kappa shape index (κ1) is 25.5. The molecule has 2 aromatic carbocycles. The van der Waals surface area contributed by atoms with Crippen molar-refractivity contribution in [2.75, 3.05) is 26.2 Å². The zero-order chi connectivity index (χ0) is 24.9. The van der Waals surface area contributed by atoms with E-state index in [4.69, 9.17) is 27.9 Å². The van der Waals surface area contributed by atoms with Gasteiger partial charge in [-0.15, -0.1) is 11.3 Å². The molecule has 1 aliphatic heterocycles. The largest absolute Gasteiger partial charge is 0.484 e. The van der Waals surface area contributed by atoms with Gasteiger partial charge in [0.25, 0.3) is 5.91 Å². The first-order valence-electron chi connectivity index (χ1n) is 11.6. The lowest BCUT2D eigenvalue weighted by molar-refractivity contribution is -0.143. The van der Waals surface area contributed by atoms with Crippen molar-refractivity contribution < 1.29 is 14.3 Å². The summed E-state index contributed by atoms with van der Waals surface area (Å²) in [6.07, 6.45) is 0.806. The molecule has 8 heteroatoms. The fourth-order valence-corrected chi connectivity index (χ4v) is 5.46. The minimum absolute atomic E-state index is 0.00452. The summed E-state index contributed by atoms with van der Waals surface area (Å²) >= 11 is 13.8. The van der Waals surface area contributed by atoms with E-state index in [2.05, 4.69) is 11.4 Å². The standard InChI is InChI=1S/C27H28Cl2N2O3S/c1-18(2)15-30(26(33)17-34-22-9-7-21(29)8-10-22)16-25(32)31-13-11-24-23(12-14-35-24)27(31)19-3-5-20(28)6-4-19/h3-10,12,14,18,27H,11,13,15-17H2,1-2H3. The quantitative estimate of drug-likeness (QED) is 0.353. The molecule has 0 saturated carbocycles. The van der Waals surface area contributed by atoms with Crippen molar-refractivity contribution >= 4 is 46.4 Å². The normalized spacial score (nSPS) is 15.1. The predicted molar refractivity (Wildman–Crippen MR) is 141 cm³/mol. The van der Waals surface area contributed by atoms with Gasteiger partial charge < -0.3 is 14.5 Å². The van der Waals surface area contributed by atoms with Gasteiger partial charge in [-0.2, -0.15) is 0 Å². The minimum Gasteiger partial charge on any atom is -0.484 e. The van der Waals surface area contributed by atoms with Gasteiger partial charge in [0.2, 0.25) is 5.91 Å². The highest BCUT2D eigenvalue weighted by Gasteiger charge is 2.34. The Bertz CT molecular complexity index is 1160. The molecule has 2 amide bonds. The summed E-state index contributed by atoms with van der Waals surface area (Å²) in [7, 11) is 0. The summed E-state index contributed by atoms with van der Waals surface area (Å²) in [6.45, 7) is 4.99. The predicted octanol–water partition coefficient (Wildman–Crippen LogP) is 6.09. The maximum atomic E-state index is 13.6. The van der Waals surface area contributed by atoms with E-state index in [0.717, 1.165) is 17.5 Å². The number of halogens is 2. The molecule has 1 aliphatic rings. The molecule has 4 rings (SSSR count). The number of carbonyl (C=O) groups is 2. The molecule has 1 aromatic heterocycles. The molecule has 0 bridgehead atoms. The van der Waals surface area contributed by atoms with Crippen LogP contribution in [0.15, 0.2) is 60.0 Å². The summed E-state index contributed by atoms with van der Waals surface area (Å²) in [5.74, 6) is 0.460. The van der Waals surface area contributed by atoms with Gasteiger partial charge in [0, 0.05) is 28.0 Å². The summed E-state index contributed by atoms with van der Waals surface area (Å²) in [5, 5.41) is 3.33. The van der Waals surface area contributed by atoms with Crippen molar-refractivity contribution in [1.29, 1.82) is 0 Å². The second-order valence-electron chi connectivity index (χ2n) is 9.00. The number of nitrogens with zero attached hydrogens (tertiary/aromatic N) is 2. The maximum Gasteiger partial charge on any atom is 0.260 e. The van der Waals surface area contributed by atoms with Gasteiger partial charge in [0.1, 0.15) is 5.75 Å². The van der Waals surface area contributed by atoms with Crippen LogP contribution in [0.1, 0.15) is 35.9 Å². The number of amides is 2. The number of rotatable bonds is 8. The van der Waals surface area contributed by atoms with Gasteiger partial charge in [-0.25, -0.2) is 0 Å². The lowest BCUT2D eigenvalue weighted by Gasteiger charge is -2.38. The topological polar surface area (TPSA) is 49.9 Å². The fraction of sp³-hybridized carbons (Fsp3) is 0.333. The number of hydrogen-bond donors (Lipinski definition) is 0. The zero-order valence-electron chi connectivity index (χ0n) is 19.7. The SMILES string of the molecule is CC(C)CN(CC(=O)N1CCc2sccc2C1c1ccc(Cl)cc1)C(=O)COc1ccc(Cl)cc1. The number of ether oxygens (including phenoxy) is 1. The van der Waals surface area contributed by atoms with Crippen molar-refractivity contribution in [3.63, 3.8) is 0 Å². The van der Waals surface area contributed by atoms with Crippen LogP contribution in [0.3, 0.4) is 0 Å². The molecule has 2 heterocycles. The van der Waals surface area contributed by atoms with Gasteiger partial charge in [0.05, 0.1) is 12.6 Å². The van der Waals surface area contributed by atoms with Crippen molar-refractivity contribution in [3.05, 3.63) is 86.0 Å². The lowest BCUT2D eigenvalue weighted by Crippen LogP contribution is -2.48. The Balaban J connectivity index is 1.51. The van der Waals surface area contributed by atoms with Crippen LogP contribution in [0.25, 0.3) is 0 Å². The summed E-state index contributed by atoms with van der Waals surface area (Å²) in [5.41, 5.74) is 2.15. The fourth-order valence-electron chi connectivity index (χ4n) is 4.31. The third-order valence-electron chi connectivity index (χ3n) is 5.91. The molecule has 0 spiro atoms. The van der Waals surface area contributed by atoms with Gasteiger partial charge in [0.15, 0.2) is 6.61 Å². The van der Waals surface area contributed by atoms with Crippen LogP contribution in [0.5, 0.6) is 5.75 Å². The van der Waals surface area contributed by atoms with Crippen LogP contribution in [0, 0.1) is 5.92 Å². The minimum atomic E-state index is -0.224. The Labute approximate surface area is 220 Å². The van der Waals surface area contributed by atoms with Crippen molar-refractivity contribution in [2.45, 2.75) is 26.3 Å². The molecule has 5 nitrogen and oxygen atoms in total. The molecule has 1 unspecified atom stereocenters. The van der Waals surface area contributed by atoms with Crippen molar-refractivity contribution in [2.24, 2.45) is 5.92 Å². The molecule has 184 valence electrons. The monoisotopic (exact) mass is 530 g/mol. The molecule has 1 atom stereocenters. The van der Waals surface area contributed by atoms with Gasteiger partial charge in [-0.1, -0.05) is 49.2 Å². The Hall–Kier alpha value is -2.54. The molecule has 0 aliphatic carbocycles. The van der Waals surface area contributed by atoms with Gasteiger partial charge in [-0.3, -0.25) is 9.59 Å². The van der Waals surface area contributed by atoms with E-state index in [1.807, 2.05) is 43.0 Å². The van der Waals surface area contributed by atoms with Crippen LogP contribution in [-0.2, 0) is 16.0 Å². The third-order valence-corrected chi connectivity index (χ3v) is 7.41. The zero-order valence-corrected chi connectivity index (χ0v) is 22.1. The smallest absolute Gasteiger partial charge is 0.260 e. The average Bonchev–Trinajstić information content (AvgIpc) is 3.32. The maximum absolute atomic E-state index is 13.6. The summed E-state index contributed by atoms with van der Waals surface area (Å²) in [4.78, 5) is 31.5. The molecule has 35 heavy (non-hydrogen) atoms. The van der Waals surface area contributed by atoms with Crippen LogP contribution in [0.4, 0.5) is 0 Å². The summed E-state index contributed by atoms with van der Waals surface area (Å²) < 4.78 is 5.66. The molecular formula is C27H28Cl2N2O3S. The van der Waals surface area contributed by atoms with E-state index < -0.39 is 0 Å². The van der Waals surface area contributed by atoms with Crippen molar-refractivity contribution in [3.8, 4) is 5.75 Å². The number of fused-ring (bicyclic) bond motifs is 1. The Kier molecular flexibility index (Phi) is 8.37. The first-order chi connectivity index (χ1) is 16.8.